The Morgan fingerprint density at radius 2 is 2.05 bits per heavy atom. The summed E-state index contributed by atoms with van der Waals surface area (Å²) in [4.78, 5) is 25.9. The third kappa shape index (κ3) is 5.26. The van der Waals surface area contributed by atoms with Gasteiger partial charge in [0.15, 0.2) is 0 Å². The molecule has 0 aliphatic rings. The van der Waals surface area contributed by atoms with E-state index in [9.17, 15) is 9.59 Å². The summed E-state index contributed by atoms with van der Waals surface area (Å²) in [6, 6.07) is 0. The van der Waals surface area contributed by atoms with Gasteiger partial charge in [0, 0.05) is 19.7 Å². The molecular weight excluding hydrogens is 272 g/mol. The molecule has 0 saturated carbocycles. The first kappa shape index (κ1) is 17.3. The average molecular weight is 298 g/mol. The minimum absolute atomic E-state index is 0.172. The molecule has 0 saturated heterocycles. The molecular formula is C14H26N4O3. The summed E-state index contributed by atoms with van der Waals surface area (Å²) in [6.07, 6.45) is 2.10. The lowest BCUT2D eigenvalue weighted by Crippen LogP contribution is -2.35. The molecule has 1 aromatic heterocycles. The second-order valence-electron chi connectivity index (χ2n) is 5.42. The maximum atomic E-state index is 11.8. The molecule has 0 bridgehead atoms. The summed E-state index contributed by atoms with van der Waals surface area (Å²) in [7, 11) is 0. The fourth-order valence-electron chi connectivity index (χ4n) is 1.90. The Hall–Kier alpha value is -1.76. The van der Waals surface area contributed by atoms with Crippen LogP contribution in [0.25, 0.3) is 0 Å². The number of hydrogen-bond acceptors (Lipinski definition) is 5. The van der Waals surface area contributed by atoms with Gasteiger partial charge in [-0.15, -0.1) is 0 Å². The van der Waals surface area contributed by atoms with E-state index >= 15 is 0 Å². The Balaban J connectivity index is 2.73. The minimum atomic E-state index is -0.494. The van der Waals surface area contributed by atoms with Gasteiger partial charge in [-0.2, -0.15) is 0 Å². The molecule has 0 unspecified atom stereocenters. The van der Waals surface area contributed by atoms with E-state index in [1.54, 1.807) is 0 Å². The molecule has 7 nitrogen and oxygen atoms in total. The molecule has 0 aromatic carbocycles. The molecule has 1 heterocycles. The van der Waals surface area contributed by atoms with E-state index in [1.807, 2.05) is 13.8 Å². The molecule has 0 aliphatic heterocycles. The third-order valence-electron chi connectivity index (χ3n) is 2.98. The van der Waals surface area contributed by atoms with E-state index in [0.717, 1.165) is 12.8 Å². The number of unbranched alkanes of at least 4 members (excludes halogenated alkanes) is 1. The number of nitrogens with two attached hydrogens (primary N) is 1. The van der Waals surface area contributed by atoms with Crippen LogP contribution in [0, 0.1) is 5.92 Å². The highest BCUT2D eigenvalue weighted by Gasteiger charge is 2.12. The Bertz CT molecular complexity index is 548. The van der Waals surface area contributed by atoms with Crippen LogP contribution in [-0.4, -0.2) is 29.3 Å². The summed E-state index contributed by atoms with van der Waals surface area (Å²) in [5.41, 5.74) is 5.20. The van der Waals surface area contributed by atoms with Crippen LogP contribution >= 0.6 is 0 Å². The van der Waals surface area contributed by atoms with Crippen molar-refractivity contribution in [2.75, 3.05) is 30.8 Å². The lowest BCUT2D eigenvalue weighted by Gasteiger charge is -2.15. The van der Waals surface area contributed by atoms with Gasteiger partial charge in [-0.1, -0.05) is 27.2 Å². The van der Waals surface area contributed by atoms with Crippen LogP contribution in [-0.2, 0) is 11.3 Å². The minimum Gasteiger partial charge on any atom is -0.383 e. The fraction of sp³-hybridized carbons (Fsp3) is 0.714. The van der Waals surface area contributed by atoms with Crippen molar-refractivity contribution < 1.29 is 4.74 Å². The van der Waals surface area contributed by atoms with Crippen molar-refractivity contribution in [1.82, 2.24) is 9.55 Å². The zero-order valence-electron chi connectivity index (χ0n) is 13.1. The zero-order chi connectivity index (χ0) is 15.8. The molecule has 7 heteroatoms. The van der Waals surface area contributed by atoms with Crippen LogP contribution in [0.4, 0.5) is 11.5 Å². The van der Waals surface area contributed by atoms with Crippen LogP contribution in [0.15, 0.2) is 9.59 Å². The Morgan fingerprint density at radius 1 is 1.33 bits per heavy atom. The molecule has 120 valence electrons. The number of nitrogen functional groups attached to an aromatic ring is 1. The van der Waals surface area contributed by atoms with Gasteiger partial charge in [-0.05, 0) is 12.3 Å². The summed E-state index contributed by atoms with van der Waals surface area (Å²) < 4.78 is 6.79. The number of hydrogen-bond donors (Lipinski definition) is 3. The molecule has 4 N–H and O–H groups in total. The molecule has 0 atom stereocenters. The van der Waals surface area contributed by atoms with E-state index in [4.69, 9.17) is 10.5 Å². The van der Waals surface area contributed by atoms with Gasteiger partial charge in [0.05, 0.1) is 6.61 Å². The lowest BCUT2D eigenvalue weighted by atomic mass is 10.2. The fourth-order valence-corrected chi connectivity index (χ4v) is 1.90. The standard InChI is InChI=1S/C14H26N4O3/c1-4-5-7-21-8-6-16-11-12(15)18(9-10(2)3)14(20)17-13(11)19/h10,16H,4-9,15H2,1-3H3,(H,17,19,20). The predicted octanol–water partition coefficient (Wildman–Crippen LogP) is 1.00. The van der Waals surface area contributed by atoms with Crippen LogP contribution in [0.3, 0.4) is 0 Å². The number of aromatic amines is 1. The van der Waals surface area contributed by atoms with Gasteiger partial charge < -0.3 is 15.8 Å². The van der Waals surface area contributed by atoms with Crippen molar-refractivity contribution in [3.05, 3.63) is 20.8 Å². The molecule has 1 aromatic rings. The quantitative estimate of drug-likeness (QED) is 0.590. The van der Waals surface area contributed by atoms with Gasteiger partial charge in [0.25, 0.3) is 5.56 Å². The number of nitrogens with one attached hydrogen (secondary N) is 2. The molecule has 0 spiro atoms. The van der Waals surface area contributed by atoms with Crippen molar-refractivity contribution in [2.24, 2.45) is 5.92 Å². The average Bonchev–Trinajstić information content (AvgIpc) is 2.41. The number of H-pyrrole nitrogens is 1. The van der Waals surface area contributed by atoms with Crippen LogP contribution < -0.4 is 22.3 Å². The highest BCUT2D eigenvalue weighted by atomic mass is 16.5. The highest BCUT2D eigenvalue weighted by Crippen LogP contribution is 2.11. The molecule has 21 heavy (non-hydrogen) atoms. The number of anilines is 2. The van der Waals surface area contributed by atoms with Crippen molar-refractivity contribution in [3.63, 3.8) is 0 Å². The first-order valence-corrected chi connectivity index (χ1v) is 7.41. The van der Waals surface area contributed by atoms with Crippen LogP contribution in [0.5, 0.6) is 0 Å². The SMILES string of the molecule is CCCCOCCNc1c(N)n(CC(C)C)c(=O)[nH]c1=O. The van der Waals surface area contributed by atoms with E-state index in [-0.39, 0.29) is 17.4 Å². The second kappa shape index (κ2) is 8.51. The van der Waals surface area contributed by atoms with Crippen molar-refractivity contribution in [2.45, 2.75) is 40.2 Å². The normalized spacial score (nSPS) is 11.0. The van der Waals surface area contributed by atoms with Crippen LogP contribution in [0.1, 0.15) is 33.6 Å². The van der Waals surface area contributed by atoms with Crippen LogP contribution in [0.2, 0.25) is 0 Å². The van der Waals surface area contributed by atoms with Gasteiger partial charge in [-0.25, -0.2) is 4.79 Å². The molecule has 0 aliphatic carbocycles. The first-order chi connectivity index (χ1) is 9.97. The second-order valence-corrected chi connectivity index (χ2v) is 5.42. The highest BCUT2D eigenvalue weighted by molar-refractivity contribution is 5.60. The molecule has 0 amide bonds. The van der Waals surface area contributed by atoms with E-state index in [2.05, 4.69) is 17.2 Å². The van der Waals surface area contributed by atoms with E-state index in [1.165, 1.54) is 4.57 Å². The first-order valence-electron chi connectivity index (χ1n) is 7.41. The number of ether oxygens (including phenoxy) is 1. The molecule has 0 fully saturated rings. The monoisotopic (exact) mass is 298 g/mol. The van der Waals surface area contributed by atoms with Gasteiger partial charge >= 0.3 is 5.69 Å². The lowest BCUT2D eigenvalue weighted by molar-refractivity contribution is 0.141. The third-order valence-corrected chi connectivity index (χ3v) is 2.98. The smallest absolute Gasteiger partial charge is 0.330 e. The number of aromatic nitrogens is 2. The molecule has 1 rings (SSSR count). The largest absolute Gasteiger partial charge is 0.383 e. The number of nitrogens with zero attached hydrogens (tertiary/aromatic N) is 1. The van der Waals surface area contributed by atoms with Gasteiger partial charge in [-0.3, -0.25) is 14.3 Å². The zero-order valence-corrected chi connectivity index (χ0v) is 13.1. The number of rotatable bonds is 9. The molecule has 0 radical (unpaired) electrons. The Morgan fingerprint density at radius 3 is 2.67 bits per heavy atom. The van der Waals surface area contributed by atoms with Gasteiger partial charge in [0.1, 0.15) is 11.5 Å². The summed E-state index contributed by atoms with van der Waals surface area (Å²) in [5, 5.41) is 2.95. The van der Waals surface area contributed by atoms with Crippen molar-refractivity contribution in [1.29, 1.82) is 0 Å². The Kier molecular flexibility index (Phi) is 7.01. The predicted molar refractivity (Wildman–Crippen MR) is 84.8 cm³/mol. The Labute approximate surface area is 124 Å². The van der Waals surface area contributed by atoms with E-state index < -0.39 is 11.2 Å². The van der Waals surface area contributed by atoms with Crippen molar-refractivity contribution >= 4 is 11.5 Å². The maximum absolute atomic E-state index is 11.8. The van der Waals surface area contributed by atoms with Gasteiger partial charge in [0.2, 0.25) is 0 Å². The maximum Gasteiger partial charge on any atom is 0.330 e. The van der Waals surface area contributed by atoms with Crippen molar-refractivity contribution in [3.8, 4) is 0 Å². The summed E-state index contributed by atoms with van der Waals surface area (Å²) >= 11 is 0. The topological polar surface area (TPSA) is 102 Å². The summed E-state index contributed by atoms with van der Waals surface area (Å²) in [6.45, 7) is 8.18. The summed E-state index contributed by atoms with van der Waals surface area (Å²) in [5.74, 6) is 0.423. The van der Waals surface area contributed by atoms with E-state index in [0.29, 0.717) is 26.3 Å².